The van der Waals surface area contributed by atoms with Crippen LogP contribution in [0.5, 0.6) is 0 Å². The van der Waals surface area contributed by atoms with Crippen LogP contribution < -0.4 is 0 Å². The van der Waals surface area contributed by atoms with Gasteiger partial charge >= 0.3 is 0 Å². The molecule has 4 aromatic rings. The first-order valence-electron chi connectivity index (χ1n) is 23.9. The van der Waals surface area contributed by atoms with Crippen molar-refractivity contribution >= 4 is 8.32 Å². The van der Waals surface area contributed by atoms with Crippen molar-refractivity contribution in [3.05, 3.63) is 82.6 Å². The topological polar surface area (TPSA) is 137 Å². The Morgan fingerprint density at radius 1 is 0.672 bits per heavy atom. The second kappa shape index (κ2) is 26.6. The van der Waals surface area contributed by atoms with Gasteiger partial charge in [-0.25, -0.2) is 9.97 Å². The number of rotatable bonds is 22. The molecule has 12 nitrogen and oxygen atoms in total. The summed E-state index contributed by atoms with van der Waals surface area (Å²) in [6.07, 6.45) is 18.3. The van der Waals surface area contributed by atoms with E-state index in [4.69, 9.17) is 59.5 Å². The van der Waals surface area contributed by atoms with Crippen LogP contribution in [-0.2, 0) is 46.1 Å². The number of aromatic nitrogens is 2. The summed E-state index contributed by atoms with van der Waals surface area (Å²) in [4.78, 5) is 9.34. The van der Waals surface area contributed by atoms with Crippen molar-refractivity contribution < 1.29 is 46.8 Å². The van der Waals surface area contributed by atoms with Crippen LogP contribution in [0.2, 0.25) is 18.1 Å². The molecule has 2 saturated carbocycles. The highest BCUT2D eigenvalue weighted by Gasteiger charge is 2.38. The van der Waals surface area contributed by atoms with E-state index < -0.39 is 8.32 Å². The molecule has 0 unspecified atom stereocenters. The van der Waals surface area contributed by atoms with Gasteiger partial charge in [0.25, 0.3) is 0 Å². The van der Waals surface area contributed by atoms with Crippen molar-refractivity contribution in [3.63, 3.8) is 0 Å². The molecular formula is C54H76N2O10Si. The van der Waals surface area contributed by atoms with Crippen molar-refractivity contribution in [2.24, 2.45) is 0 Å². The normalized spacial score (nSPS) is 19.8. The van der Waals surface area contributed by atoms with Crippen LogP contribution in [0, 0.1) is 52.4 Å². The maximum Gasteiger partial charge on any atom is 0.226 e. The molecule has 366 valence electrons. The van der Waals surface area contributed by atoms with Gasteiger partial charge < -0.3 is 46.8 Å². The summed E-state index contributed by atoms with van der Waals surface area (Å²) in [6.45, 7) is 21.7. The second-order valence-corrected chi connectivity index (χ2v) is 24.2. The Morgan fingerprint density at radius 3 is 1.52 bits per heavy atom. The van der Waals surface area contributed by atoms with Crippen molar-refractivity contribution in [1.82, 2.24) is 9.97 Å². The highest BCUT2D eigenvalue weighted by Crippen LogP contribution is 2.37. The van der Waals surface area contributed by atoms with Crippen LogP contribution >= 0.6 is 0 Å². The van der Waals surface area contributed by atoms with E-state index in [1.165, 1.54) is 11.1 Å². The second-order valence-electron chi connectivity index (χ2n) is 19.4. The number of aliphatic hydroxyl groups is 1. The van der Waals surface area contributed by atoms with Crippen molar-refractivity contribution in [1.29, 1.82) is 0 Å². The summed E-state index contributed by atoms with van der Waals surface area (Å²) >= 11 is 0. The average Bonchev–Trinajstić information content (AvgIpc) is 3.88. The monoisotopic (exact) mass is 941 g/mol. The number of aryl methyl sites for hydroxylation is 4. The van der Waals surface area contributed by atoms with Gasteiger partial charge in [0, 0.05) is 11.1 Å². The SMILES string of the molecule is C#CCO[C@@H](CO[C@@H]1CCC[C@H](OCc2nc(-c3cccc(C)c3)oc2C)C1)CO[Si](C)(C)C(C)(C)C.C#CCO[C@H](CO)CO[C@@H]1CCC[C@H](OCc2nc(-c3cccc(C)c3)oc2C)C1. The first-order chi connectivity index (χ1) is 32.1. The predicted molar refractivity (Wildman–Crippen MR) is 264 cm³/mol. The molecule has 0 bridgehead atoms. The first kappa shape index (κ1) is 53.8. The molecule has 2 aliphatic carbocycles. The largest absolute Gasteiger partial charge is 0.441 e. The molecule has 0 aliphatic heterocycles. The van der Waals surface area contributed by atoms with Crippen LogP contribution in [-0.4, -0.2) is 99.7 Å². The molecule has 2 heterocycles. The molecule has 0 amide bonds. The number of oxazole rings is 2. The standard InChI is InChI=1S/C30H45NO5Si.C24H31NO5/c1-9-16-32-27(20-35-37(7,8)30(4,5)6)19-33-25-14-11-15-26(18-25)34-21-28-23(3)36-29(31-28)24-13-10-12-22(2)17-24;1-4-11-27-22(14-26)15-28-20-9-6-10-21(13-20)29-16-23-18(3)30-24(25-23)19-8-5-7-17(2)12-19/h1,10,12-13,17,25-27H,11,14-16,18-21H2,2-8H3;1,5,7-8,12,20-22,26H,6,9-11,13-16H2,2-3H3/t25-,26+,27+;20-,21+,22-/m11/s1. The van der Waals surface area contributed by atoms with Gasteiger partial charge in [-0.05, 0) is 121 Å². The van der Waals surface area contributed by atoms with Crippen molar-refractivity contribution in [3.8, 4) is 47.6 Å². The highest BCUT2D eigenvalue weighted by molar-refractivity contribution is 6.74. The van der Waals surface area contributed by atoms with Crippen molar-refractivity contribution in [2.75, 3.05) is 39.6 Å². The molecule has 13 heteroatoms. The minimum Gasteiger partial charge on any atom is -0.441 e. The number of benzene rings is 2. The number of nitrogens with zero attached hydrogens (tertiary/aromatic N) is 2. The highest BCUT2D eigenvalue weighted by atomic mass is 28.4. The predicted octanol–water partition coefficient (Wildman–Crippen LogP) is 10.7. The summed E-state index contributed by atoms with van der Waals surface area (Å²) in [5.74, 6) is 7.83. The Labute approximate surface area is 401 Å². The van der Waals surface area contributed by atoms with E-state index in [1.807, 2.05) is 38.1 Å². The molecule has 1 N–H and O–H groups in total. The zero-order chi connectivity index (χ0) is 48.4. The molecule has 0 spiro atoms. The third-order valence-electron chi connectivity index (χ3n) is 12.9. The Kier molecular flexibility index (Phi) is 21.4. The maximum atomic E-state index is 9.36. The number of aliphatic hydroxyl groups excluding tert-OH is 1. The van der Waals surface area contributed by atoms with Gasteiger partial charge in [-0.1, -0.05) is 68.0 Å². The molecule has 0 radical (unpaired) electrons. The van der Waals surface area contributed by atoms with E-state index in [0.717, 1.165) is 85.4 Å². The molecule has 2 aromatic heterocycles. The van der Waals surface area contributed by atoms with E-state index >= 15 is 0 Å². The van der Waals surface area contributed by atoms with Crippen LogP contribution in [0.3, 0.4) is 0 Å². The molecule has 2 aliphatic rings. The zero-order valence-corrected chi connectivity index (χ0v) is 42.6. The van der Waals surface area contributed by atoms with Gasteiger partial charge in [0.15, 0.2) is 8.32 Å². The third-order valence-corrected chi connectivity index (χ3v) is 17.4. The Balaban J connectivity index is 0.000000256. The summed E-state index contributed by atoms with van der Waals surface area (Å²) in [7, 11) is -1.88. The van der Waals surface area contributed by atoms with E-state index in [0.29, 0.717) is 44.8 Å². The minimum absolute atomic E-state index is 0.0912. The van der Waals surface area contributed by atoms with Gasteiger partial charge in [-0.15, -0.1) is 12.8 Å². The Hall–Kier alpha value is -4.12. The Morgan fingerprint density at radius 2 is 1.10 bits per heavy atom. The molecule has 2 aromatic carbocycles. The van der Waals surface area contributed by atoms with Gasteiger partial charge in [0.05, 0.1) is 64.1 Å². The van der Waals surface area contributed by atoms with E-state index in [-0.39, 0.29) is 61.5 Å². The van der Waals surface area contributed by atoms with E-state index in [9.17, 15) is 5.11 Å². The molecular weight excluding hydrogens is 865 g/mol. The van der Waals surface area contributed by atoms with Crippen LogP contribution in [0.15, 0.2) is 57.4 Å². The lowest BCUT2D eigenvalue weighted by Crippen LogP contribution is -2.44. The van der Waals surface area contributed by atoms with Crippen LogP contribution in [0.25, 0.3) is 22.9 Å². The molecule has 6 rings (SSSR count). The summed E-state index contributed by atoms with van der Waals surface area (Å²) in [6, 6.07) is 16.3. The molecule has 2 fully saturated rings. The summed E-state index contributed by atoms with van der Waals surface area (Å²) in [5.41, 5.74) is 5.99. The smallest absolute Gasteiger partial charge is 0.226 e. The first-order valence-corrected chi connectivity index (χ1v) is 26.9. The summed E-state index contributed by atoms with van der Waals surface area (Å²) in [5, 5.41) is 9.50. The third kappa shape index (κ3) is 17.4. The number of hydrogen-bond acceptors (Lipinski definition) is 12. The van der Waals surface area contributed by atoms with Gasteiger partial charge in [-0.2, -0.15) is 0 Å². The van der Waals surface area contributed by atoms with Crippen LogP contribution in [0.1, 0.15) is 106 Å². The molecule has 67 heavy (non-hydrogen) atoms. The molecule has 6 atom stereocenters. The minimum atomic E-state index is -1.88. The van der Waals surface area contributed by atoms with Gasteiger partial charge in [0.2, 0.25) is 11.8 Å². The lowest BCUT2D eigenvalue weighted by Gasteiger charge is -2.37. The fourth-order valence-corrected chi connectivity index (χ4v) is 8.80. The van der Waals surface area contributed by atoms with Crippen LogP contribution in [0.4, 0.5) is 0 Å². The summed E-state index contributed by atoms with van der Waals surface area (Å²) < 4.78 is 54.1. The zero-order valence-electron chi connectivity index (χ0n) is 41.6. The Bertz CT molecular complexity index is 2180. The van der Waals surface area contributed by atoms with Gasteiger partial charge in [-0.3, -0.25) is 0 Å². The lowest BCUT2D eigenvalue weighted by molar-refractivity contribution is -0.0882. The quantitative estimate of drug-likeness (QED) is 0.0593. The van der Waals surface area contributed by atoms with E-state index in [2.05, 4.69) is 88.8 Å². The number of hydrogen-bond donors (Lipinski definition) is 1. The fourth-order valence-electron chi connectivity index (χ4n) is 7.76. The fraction of sp³-hybridized carbons (Fsp3) is 0.593. The number of ether oxygens (including phenoxy) is 6. The van der Waals surface area contributed by atoms with Crippen molar-refractivity contribution in [2.45, 2.75) is 168 Å². The number of terminal acetylenes is 2. The van der Waals surface area contributed by atoms with E-state index in [1.54, 1.807) is 0 Å². The average molecular weight is 941 g/mol. The lowest BCUT2D eigenvalue weighted by atomic mass is 9.95. The maximum absolute atomic E-state index is 9.36. The van der Waals surface area contributed by atoms with Gasteiger partial charge in [0.1, 0.15) is 48.3 Å². The molecule has 0 saturated heterocycles.